The maximum absolute atomic E-state index is 12.4. The van der Waals surface area contributed by atoms with E-state index >= 15 is 0 Å². The smallest absolute Gasteiger partial charge is 0.410 e. The molecule has 2 atom stereocenters. The summed E-state index contributed by atoms with van der Waals surface area (Å²) in [7, 11) is 1.74. The third kappa shape index (κ3) is 4.68. The Morgan fingerprint density at radius 1 is 1.08 bits per heavy atom. The highest BCUT2D eigenvalue weighted by Crippen LogP contribution is 2.48. The fourth-order valence-corrected chi connectivity index (χ4v) is 4.97. The Hall–Kier alpha value is -0.810. The number of carbonyl (C=O) groups excluding carboxylic acids is 1. The minimum absolute atomic E-state index is 0.0508. The van der Waals surface area contributed by atoms with Gasteiger partial charge in [0, 0.05) is 19.7 Å². The second-order valence-electron chi connectivity index (χ2n) is 9.41. The van der Waals surface area contributed by atoms with Crippen molar-refractivity contribution in [2.75, 3.05) is 20.2 Å². The Bertz CT molecular complexity index is 458. The summed E-state index contributed by atoms with van der Waals surface area (Å²) >= 11 is 0. The van der Waals surface area contributed by atoms with E-state index < -0.39 is 5.60 Å². The maximum Gasteiger partial charge on any atom is 0.410 e. The lowest BCUT2D eigenvalue weighted by Gasteiger charge is -2.39. The predicted octanol–water partition coefficient (Wildman–Crippen LogP) is 3.71. The highest BCUT2D eigenvalue weighted by Gasteiger charge is 2.41. The Morgan fingerprint density at radius 3 is 2.28 bits per heavy atom. The maximum atomic E-state index is 12.4. The second-order valence-corrected chi connectivity index (χ2v) is 9.41. The molecule has 0 aromatic heterocycles. The number of methoxy groups -OCH3 is 1. The molecule has 2 saturated carbocycles. The molecule has 2 aliphatic carbocycles. The van der Waals surface area contributed by atoms with E-state index in [1.54, 1.807) is 12.0 Å². The molecular formula is C20H36N2O3. The minimum Gasteiger partial charge on any atom is -0.444 e. The number of nitrogens with one attached hydrogen (secondary N) is 1. The number of hydrogen-bond donors (Lipinski definition) is 1. The van der Waals surface area contributed by atoms with Crippen molar-refractivity contribution in [1.82, 2.24) is 10.2 Å². The van der Waals surface area contributed by atoms with Crippen LogP contribution in [0.1, 0.15) is 72.1 Å². The molecule has 5 nitrogen and oxygen atoms in total. The van der Waals surface area contributed by atoms with Crippen LogP contribution in [0.25, 0.3) is 0 Å². The van der Waals surface area contributed by atoms with Gasteiger partial charge < -0.3 is 19.7 Å². The number of ether oxygens (including phenoxy) is 2. The molecule has 3 rings (SSSR count). The van der Waals surface area contributed by atoms with E-state index in [-0.39, 0.29) is 18.2 Å². The van der Waals surface area contributed by atoms with Crippen molar-refractivity contribution in [2.45, 2.75) is 95.9 Å². The molecule has 144 valence electrons. The van der Waals surface area contributed by atoms with Crippen LogP contribution in [-0.2, 0) is 9.47 Å². The zero-order valence-corrected chi connectivity index (χ0v) is 16.5. The molecular weight excluding hydrogens is 316 g/mol. The highest BCUT2D eigenvalue weighted by molar-refractivity contribution is 5.68. The molecule has 3 fully saturated rings. The quantitative estimate of drug-likeness (QED) is 0.841. The Kier molecular flexibility index (Phi) is 5.64. The summed E-state index contributed by atoms with van der Waals surface area (Å²) < 4.78 is 11.2. The molecule has 1 saturated heterocycles. The van der Waals surface area contributed by atoms with Crippen LogP contribution < -0.4 is 5.32 Å². The van der Waals surface area contributed by atoms with Crippen molar-refractivity contribution in [3.05, 3.63) is 0 Å². The van der Waals surface area contributed by atoms with Gasteiger partial charge in [-0.25, -0.2) is 4.79 Å². The molecule has 25 heavy (non-hydrogen) atoms. The fraction of sp³-hybridized carbons (Fsp3) is 0.950. The molecule has 0 aromatic rings. The molecule has 1 N–H and O–H groups in total. The van der Waals surface area contributed by atoms with Crippen molar-refractivity contribution in [3.63, 3.8) is 0 Å². The van der Waals surface area contributed by atoms with Gasteiger partial charge in [-0.05, 0) is 64.7 Å². The van der Waals surface area contributed by atoms with Gasteiger partial charge in [0.05, 0.1) is 18.7 Å². The largest absolute Gasteiger partial charge is 0.444 e. The van der Waals surface area contributed by atoms with Crippen LogP contribution in [0, 0.1) is 5.41 Å². The van der Waals surface area contributed by atoms with Crippen LogP contribution >= 0.6 is 0 Å². The van der Waals surface area contributed by atoms with Crippen molar-refractivity contribution in [3.8, 4) is 0 Å². The van der Waals surface area contributed by atoms with Gasteiger partial charge in [0.25, 0.3) is 0 Å². The molecule has 1 spiro atoms. The van der Waals surface area contributed by atoms with Gasteiger partial charge in [-0.2, -0.15) is 0 Å². The zero-order valence-electron chi connectivity index (χ0n) is 16.5. The third-order valence-corrected chi connectivity index (χ3v) is 6.38. The third-order valence-electron chi connectivity index (χ3n) is 6.38. The molecule has 0 aromatic carbocycles. The second kappa shape index (κ2) is 7.43. The van der Waals surface area contributed by atoms with E-state index in [0.717, 1.165) is 0 Å². The molecule has 3 aliphatic rings. The van der Waals surface area contributed by atoms with Crippen LogP contribution in [-0.4, -0.2) is 55.0 Å². The zero-order chi connectivity index (χ0) is 18.1. The van der Waals surface area contributed by atoms with E-state index in [1.807, 2.05) is 20.8 Å². The SMILES string of the molecule is CO[C@H]1CN(C(=O)OC(C)(C)C)CC1NC1CCC2(CCCC2)CC1. The molecule has 1 heterocycles. The average Bonchev–Trinajstić information content (AvgIpc) is 3.15. The monoisotopic (exact) mass is 352 g/mol. The van der Waals surface area contributed by atoms with Crippen LogP contribution in [0.3, 0.4) is 0 Å². The lowest BCUT2D eigenvalue weighted by molar-refractivity contribution is 0.0252. The van der Waals surface area contributed by atoms with Crippen LogP contribution in [0.4, 0.5) is 4.79 Å². The van der Waals surface area contributed by atoms with E-state index in [4.69, 9.17) is 9.47 Å². The standard InChI is InChI=1S/C20H36N2O3/c1-19(2,3)25-18(23)22-13-16(17(14-22)24-4)21-15-7-11-20(12-8-15)9-5-6-10-20/h15-17,21H,5-14H2,1-4H3/t16?,17-/m0/s1. The molecule has 0 bridgehead atoms. The van der Waals surface area contributed by atoms with Gasteiger partial charge in [-0.1, -0.05) is 12.8 Å². The van der Waals surface area contributed by atoms with Crippen molar-refractivity contribution in [2.24, 2.45) is 5.41 Å². The van der Waals surface area contributed by atoms with E-state index in [0.29, 0.717) is 24.5 Å². The lowest BCUT2D eigenvalue weighted by Crippen LogP contribution is -2.48. The number of amides is 1. The molecule has 0 radical (unpaired) electrons. The summed E-state index contributed by atoms with van der Waals surface area (Å²) in [4.78, 5) is 14.1. The summed E-state index contributed by atoms with van der Waals surface area (Å²) in [5.74, 6) is 0. The van der Waals surface area contributed by atoms with E-state index in [2.05, 4.69) is 5.32 Å². The molecule has 5 heteroatoms. The molecule has 1 aliphatic heterocycles. The summed E-state index contributed by atoms with van der Waals surface area (Å²) in [5.41, 5.74) is 0.210. The summed E-state index contributed by atoms with van der Waals surface area (Å²) in [6, 6.07) is 0.771. The fourth-order valence-electron chi connectivity index (χ4n) is 4.97. The normalized spacial score (nSPS) is 30.2. The van der Waals surface area contributed by atoms with Gasteiger partial charge in [0.2, 0.25) is 0 Å². The Balaban J connectivity index is 1.51. The van der Waals surface area contributed by atoms with Gasteiger partial charge in [-0.3, -0.25) is 0 Å². The first-order chi connectivity index (χ1) is 11.8. The van der Waals surface area contributed by atoms with Gasteiger partial charge in [0.15, 0.2) is 0 Å². The van der Waals surface area contributed by atoms with Crippen molar-refractivity contribution >= 4 is 6.09 Å². The summed E-state index contributed by atoms with van der Waals surface area (Å²) in [6.07, 6.45) is 10.8. The Morgan fingerprint density at radius 2 is 1.72 bits per heavy atom. The van der Waals surface area contributed by atoms with Crippen molar-refractivity contribution in [1.29, 1.82) is 0 Å². The number of nitrogens with zero attached hydrogens (tertiary/aromatic N) is 1. The van der Waals surface area contributed by atoms with E-state index in [9.17, 15) is 4.79 Å². The highest BCUT2D eigenvalue weighted by atomic mass is 16.6. The number of carbonyl (C=O) groups is 1. The number of rotatable bonds is 3. The van der Waals surface area contributed by atoms with Crippen LogP contribution in [0.15, 0.2) is 0 Å². The van der Waals surface area contributed by atoms with Crippen LogP contribution in [0.2, 0.25) is 0 Å². The van der Waals surface area contributed by atoms with Crippen molar-refractivity contribution < 1.29 is 14.3 Å². The van der Waals surface area contributed by atoms with Gasteiger partial charge in [-0.15, -0.1) is 0 Å². The topological polar surface area (TPSA) is 50.8 Å². The number of likely N-dealkylation sites (tertiary alicyclic amines) is 1. The predicted molar refractivity (Wildman–Crippen MR) is 98.7 cm³/mol. The van der Waals surface area contributed by atoms with Gasteiger partial charge in [0.1, 0.15) is 5.60 Å². The molecule has 1 unspecified atom stereocenters. The average molecular weight is 353 g/mol. The summed E-state index contributed by atoms with van der Waals surface area (Å²) in [5, 5.41) is 3.80. The lowest BCUT2D eigenvalue weighted by atomic mass is 9.71. The van der Waals surface area contributed by atoms with E-state index in [1.165, 1.54) is 51.4 Å². The molecule has 1 amide bonds. The first kappa shape index (κ1) is 19.0. The summed E-state index contributed by atoms with van der Waals surface area (Å²) in [6.45, 7) is 7.01. The van der Waals surface area contributed by atoms with Crippen LogP contribution in [0.5, 0.6) is 0 Å². The first-order valence-corrected chi connectivity index (χ1v) is 10.1. The minimum atomic E-state index is -0.454. The van der Waals surface area contributed by atoms with Gasteiger partial charge >= 0.3 is 6.09 Å². The first-order valence-electron chi connectivity index (χ1n) is 10.1. The number of hydrogen-bond acceptors (Lipinski definition) is 4. The Labute approximate surface area is 152 Å².